The minimum absolute atomic E-state index is 0.868. The fraction of sp³-hybridized carbons (Fsp3) is 0.100. The average Bonchev–Trinajstić information content (AvgIpc) is 1.97. The summed E-state index contributed by atoms with van der Waals surface area (Å²) in [6.07, 6.45) is 0. The lowest BCUT2D eigenvalue weighted by Crippen LogP contribution is -1.85. The van der Waals surface area contributed by atoms with E-state index in [1.54, 1.807) is 0 Å². The van der Waals surface area contributed by atoms with Crippen molar-refractivity contribution in [3.8, 4) is 0 Å². The molecule has 0 bridgehead atoms. The molecule has 1 nitrogen and oxygen atoms in total. The van der Waals surface area contributed by atoms with Crippen LogP contribution < -0.4 is 5.73 Å². The van der Waals surface area contributed by atoms with Crippen LogP contribution in [0.4, 0.5) is 5.69 Å². The van der Waals surface area contributed by atoms with E-state index in [9.17, 15) is 0 Å². The van der Waals surface area contributed by atoms with Gasteiger partial charge in [0, 0.05) is 5.69 Å². The zero-order valence-electron chi connectivity index (χ0n) is 6.80. The highest BCUT2D eigenvalue weighted by atomic mass is 14.5. The zero-order valence-corrected chi connectivity index (χ0v) is 6.80. The van der Waals surface area contributed by atoms with E-state index in [0.717, 1.165) is 11.3 Å². The van der Waals surface area contributed by atoms with Crippen molar-refractivity contribution in [1.82, 2.24) is 0 Å². The third-order valence-corrected chi connectivity index (χ3v) is 1.19. The third kappa shape index (κ3) is 4.01. The Kier molecular flexibility index (Phi) is 4.63. The van der Waals surface area contributed by atoms with E-state index in [2.05, 4.69) is 18.9 Å². The first-order valence-corrected chi connectivity index (χ1v) is 3.32. The molecule has 1 aromatic carbocycles. The molecule has 0 saturated carbocycles. The van der Waals surface area contributed by atoms with E-state index in [4.69, 9.17) is 5.73 Å². The lowest BCUT2D eigenvalue weighted by Gasteiger charge is -1.93. The molecule has 0 amide bonds. The first-order chi connectivity index (χ1) is 5.22. The second-order valence-corrected chi connectivity index (χ2v) is 2.11. The van der Waals surface area contributed by atoms with Gasteiger partial charge in [0.1, 0.15) is 0 Å². The van der Waals surface area contributed by atoms with Gasteiger partial charge in [-0.3, -0.25) is 0 Å². The molecule has 58 valence electrons. The summed E-state index contributed by atoms with van der Waals surface area (Å²) in [5, 5.41) is 0. The Balaban J connectivity index is 0.000000292. The van der Waals surface area contributed by atoms with E-state index in [1.807, 2.05) is 31.2 Å². The zero-order chi connectivity index (χ0) is 8.69. The van der Waals surface area contributed by atoms with Crippen molar-refractivity contribution < 1.29 is 0 Å². The Hall–Kier alpha value is -1.46. The highest BCUT2D eigenvalue weighted by Crippen LogP contribution is 2.06. The van der Waals surface area contributed by atoms with Crippen LogP contribution >= 0.6 is 0 Å². The van der Waals surface area contributed by atoms with Crippen molar-refractivity contribution in [2.75, 3.05) is 5.73 Å². The standard InChI is InChI=1S/C7H9N.C3H4/c1-6-4-2-3-5-7(6)8;1-3-2/h2-5H,8H2,1H3;1-2H2. The summed E-state index contributed by atoms with van der Waals surface area (Å²) >= 11 is 0. The summed E-state index contributed by atoms with van der Waals surface area (Å²) in [6.45, 7) is 8.25. The van der Waals surface area contributed by atoms with Crippen molar-refractivity contribution in [3.05, 3.63) is 48.7 Å². The normalized spacial score (nSPS) is 7.36. The van der Waals surface area contributed by atoms with Crippen molar-refractivity contribution in [2.24, 2.45) is 0 Å². The van der Waals surface area contributed by atoms with Crippen LogP contribution in [0.15, 0.2) is 43.2 Å². The fourth-order valence-corrected chi connectivity index (χ4v) is 0.587. The van der Waals surface area contributed by atoms with Crippen LogP contribution in [0.1, 0.15) is 5.56 Å². The van der Waals surface area contributed by atoms with E-state index in [1.165, 1.54) is 0 Å². The molecule has 0 spiro atoms. The number of aryl methyl sites for hydroxylation is 1. The summed E-state index contributed by atoms with van der Waals surface area (Å²) in [4.78, 5) is 0. The van der Waals surface area contributed by atoms with Crippen molar-refractivity contribution in [2.45, 2.75) is 6.92 Å². The molecule has 0 heterocycles. The maximum Gasteiger partial charge on any atom is 0.0343 e. The van der Waals surface area contributed by atoms with Crippen LogP contribution in [-0.4, -0.2) is 0 Å². The second kappa shape index (κ2) is 5.33. The molecule has 0 unspecified atom stereocenters. The van der Waals surface area contributed by atoms with Gasteiger partial charge in [-0.1, -0.05) is 31.4 Å². The number of rotatable bonds is 0. The topological polar surface area (TPSA) is 26.0 Å². The predicted molar refractivity (Wildman–Crippen MR) is 50.4 cm³/mol. The van der Waals surface area contributed by atoms with Crippen molar-refractivity contribution in [1.29, 1.82) is 0 Å². The van der Waals surface area contributed by atoms with Gasteiger partial charge in [-0.05, 0) is 18.6 Å². The Morgan fingerprint density at radius 1 is 1.27 bits per heavy atom. The Labute approximate surface area is 67.9 Å². The molecule has 0 saturated heterocycles. The van der Waals surface area contributed by atoms with Crippen LogP contribution in [-0.2, 0) is 0 Å². The van der Waals surface area contributed by atoms with Crippen LogP contribution in [0.5, 0.6) is 0 Å². The third-order valence-electron chi connectivity index (χ3n) is 1.19. The van der Waals surface area contributed by atoms with Gasteiger partial charge in [0.2, 0.25) is 0 Å². The number of nitrogen functional groups attached to an aromatic ring is 1. The Morgan fingerprint density at radius 2 is 1.73 bits per heavy atom. The number of para-hydroxylation sites is 1. The van der Waals surface area contributed by atoms with Gasteiger partial charge in [0.15, 0.2) is 0 Å². The van der Waals surface area contributed by atoms with Gasteiger partial charge < -0.3 is 5.73 Å². The first-order valence-electron chi connectivity index (χ1n) is 3.32. The molecule has 11 heavy (non-hydrogen) atoms. The highest BCUT2D eigenvalue weighted by Gasteiger charge is 1.84. The van der Waals surface area contributed by atoms with E-state index >= 15 is 0 Å². The maximum atomic E-state index is 5.52. The summed E-state index contributed by atoms with van der Waals surface area (Å²) in [5.74, 6) is 0. The number of hydrogen-bond acceptors (Lipinski definition) is 1. The van der Waals surface area contributed by atoms with Gasteiger partial charge >= 0.3 is 0 Å². The van der Waals surface area contributed by atoms with E-state index in [0.29, 0.717) is 0 Å². The molecule has 0 aliphatic carbocycles. The average molecular weight is 147 g/mol. The smallest absolute Gasteiger partial charge is 0.0343 e. The molecule has 2 N–H and O–H groups in total. The molecule has 1 heteroatoms. The molecule has 0 fully saturated rings. The molecule has 0 atom stereocenters. The van der Waals surface area contributed by atoms with Gasteiger partial charge in [-0.15, -0.1) is 5.73 Å². The van der Waals surface area contributed by atoms with Gasteiger partial charge in [0.25, 0.3) is 0 Å². The Bertz CT molecular complexity index is 224. The molecule has 0 aliphatic heterocycles. The van der Waals surface area contributed by atoms with Crippen LogP contribution in [0, 0.1) is 6.92 Å². The predicted octanol–water partition coefficient (Wildman–Crippen LogP) is 2.53. The quantitative estimate of drug-likeness (QED) is 0.443. The van der Waals surface area contributed by atoms with Crippen molar-refractivity contribution in [3.63, 3.8) is 0 Å². The molecule has 1 aromatic rings. The van der Waals surface area contributed by atoms with Crippen LogP contribution in [0.25, 0.3) is 0 Å². The molecule has 0 aliphatic rings. The molecule has 1 rings (SSSR count). The lowest BCUT2D eigenvalue weighted by molar-refractivity contribution is 1.47. The number of hydrogen-bond donors (Lipinski definition) is 1. The van der Waals surface area contributed by atoms with E-state index in [-0.39, 0.29) is 0 Å². The summed E-state index contributed by atoms with van der Waals surface area (Å²) in [5.41, 5.74) is 9.78. The summed E-state index contributed by atoms with van der Waals surface area (Å²) in [7, 11) is 0. The first kappa shape index (κ1) is 9.54. The molecule has 0 radical (unpaired) electrons. The van der Waals surface area contributed by atoms with Gasteiger partial charge in [0.05, 0.1) is 0 Å². The minimum atomic E-state index is 0.868. The monoisotopic (exact) mass is 147 g/mol. The fourth-order valence-electron chi connectivity index (χ4n) is 0.587. The SMILES string of the molecule is C=C=C.Cc1ccccc1N. The number of nitrogens with two attached hydrogens (primary N) is 1. The van der Waals surface area contributed by atoms with E-state index < -0.39 is 0 Å². The highest BCUT2D eigenvalue weighted by molar-refractivity contribution is 5.44. The number of benzene rings is 1. The van der Waals surface area contributed by atoms with Gasteiger partial charge in [-0.25, -0.2) is 0 Å². The summed E-state index contributed by atoms with van der Waals surface area (Å²) in [6, 6.07) is 7.80. The summed E-state index contributed by atoms with van der Waals surface area (Å²) < 4.78 is 0. The Morgan fingerprint density at radius 3 is 2.00 bits per heavy atom. The number of anilines is 1. The maximum absolute atomic E-state index is 5.52. The van der Waals surface area contributed by atoms with Crippen LogP contribution in [0.3, 0.4) is 0 Å². The van der Waals surface area contributed by atoms with Crippen LogP contribution in [0.2, 0.25) is 0 Å². The molecular weight excluding hydrogens is 134 g/mol. The lowest BCUT2D eigenvalue weighted by atomic mass is 10.2. The van der Waals surface area contributed by atoms with Gasteiger partial charge in [-0.2, -0.15) is 0 Å². The second-order valence-electron chi connectivity index (χ2n) is 2.11. The van der Waals surface area contributed by atoms with Crippen molar-refractivity contribution >= 4 is 5.69 Å². The minimum Gasteiger partial charge on any atom is -0.399 e. The largest absolute Gasteiger partial charge is 0.399 e. The molecule has 0 aromatic heterocycles. The molecular formula is C10H13N.